The Morgan fingerprint density at radius 2 is 2.03 bits per heavy atom. The number of aryl methyl sites for hydroxylation is 1. The highest BCUT2D eigenvalue weighted by Crippen LogP contribution is 2.31. The van der Waals surface area contributed by atoms with Gasteiger partial charge < -0.3 is 19.3 Å². The molecule has 0 saturated carbocycles. The molecule has 0 amide bonds. The van der Waals surface area contributed by atoms with Gasteiger partial charge >= 0.3 is 5.97 Å². The maximum atomic E-state index is 11.2. The minimum Gasteiger partial charge on any atom is -0.493 e. The topological polar surface area (TPSA) is 95.7 Å². The number of pyridine rings is 1. The van der Waals surface area contributed by atoms with E-state index in [4.69, 9.17) is 19.3 Å². The molecule has 0 fully saturated rings. The second-order valence-corrected chi connectivity index (χ2v) is 7.59. The van der Waals surface area contributed by atoms with Crippen molar-refractivity contribution in [2.45, 2.75) is 45.8 Å². The van der Waals surface area contributed by atoms with Crippen LogP contribution in [0.15, 0.2) is 48.7 Å². The van der Waals surface area contributed by atoms with Gasteiger partial charge in [-0.15, -0.1) is 5.10 Å². The molecule has 8 nitrogen and oxygen atoms in total. The molecule has 0 aliphatic heterocycles. The van der Waals surface area contributed by atoms with Crippen LogP contribution < -0.4 is 14.2 Å². The molecule has 0 saturated heterocycles. The minimum atomic E-state index is -0.917. The summed E-state index contributed by atoms with van der Waals surface area (Å²) in [5.41, 5.74) is 2.52. The van der Waals surface area contributed by atoms with Crippen LogP contribution in [0.2, 0.25) is 0 Å². The fourth-order valence-electron chi connectivity index (χ4n) is 3.33. The molecule has 0 radical (unpaired) electrons. The Kier molecular flexibility index (Phi) is 8.08. The fraction of sp³-hybridized carbons (Fsp3) is 0.375. The number of carbonyl (C=O) groups is 1. The molecule has 0 aliphatic rings. The lowest BCUT2D eigenvalue weighted by atomic mass is 10.1. The first kappa shape index (κ1) is 23.1. The minimum absolute atomic E-state index is 0.0302. The number of methoxy groups -OCH3 is 1. The lowest BCUT2D eigenvalue weighted by Gasteiger charge is -2.14. The van der Waals surface area contributed by atoms with Gasteiger partial charge in [0.2, 0.25) is 5.88 Å². The number of ether oxygens (including phenoxy) is 3. The Hall–Kier alpha value is -3.55. The van der Waals surface area contributed by atoms with Gasteiger partial charge in [0.25, 0.3) is 0 Å². The zero-order chi connectivity index (χ0) is 22.9. The van der Waals surface area contributed by atoms with Crippen LogP contribution in [-0.4, -0.2) is 45.7 Å². The van der Waals surface area contributed by atoms with E-state index in [1.54, 1.807) is 31.5 Å². The van der Waals surface area contributed by atoms with E-state index in [0.717, 1.165) is 11.4 Å². The summed E-state index contributed by atoms with van der Waals surface area (Å²) in [6.07, 6.45) is 3.09. The molecule has 2 heterocycles. The smallest absolute Gasteiger partial charge is 0.307 e. The molecule has 0 spiro atoms. The van der Waals surface area contributed by atoms with Crippen molar-refractivity contribution in [2.75, 3.05) is 13.7 Å². The van der Waals surface area contributed by atoms with E-state index < -0.39 is 5.97 Å². The van der Waals surface area contributed by atoms with Crippen molar-refractivity contribution in [1.29, 1.82) is 0 Å². The normalized spacial score (nSPS) is 10.9. The molecule has 0 atom stereocenters. The van der Waals surface area contributed by atoms with Crippen molar-refractivity contribution < 1.29 is 24.1 Å². The molecule has 170 valence electrons. The number of hydrogen-bond acceptors (Lipinski definition) is 6. The largest absolute Gasteiger partial charge is 0.493 e. The SMILES string of the molecule is COc1cccc(CC(=O)O)c1OCCCc1cc(OC(C)C)nn1Cc1ccccn1. The van der Waals surface area contributed by atoms with Crippen molar-refractivity contribution in [3.63, 3.8) is 0 Å². The predicted octanol–water partition coefficient (Wildman–Crippen LogP) is 3.76. The number of benzene rings is 1. The summed E-state index contributed by atoms with van der Waals surface area (Å²) < 4.78 is 19.0. The van der Waals surface area contributed by atoms with Crippen molar-refractivity contribution in [3.05, 3.63) is 65.6 Å². The zero-order valence-electron chi connectivity index (χ0n) is 18.7. The Balaban J connectivity index is 1.68. The number of carboxylic acids is 1. The molecule has 1 N–H and O–H groups in total. The molecule has 1 aromatic carbocycles. The van der Waals surface area contributed by atoms with Crippen LogP contribution in [0.4, 0.5) is 0 Å². The van der Waals surface area contributed by atoms with E-state index >= 15 is 0 Å². The molecule has 2 aromatic heterocycles. The van der Waals surface area contributed by atoms with Crippen molar-refractivity contribution in [2.24, 2.45) is 0 Å². The fourth-order valence-corrected chi connectivity index (χ4v) is 3.33. The standard InChI is InChI=1S/C24H29N3O5/c1-17(2)32-22-15-20(27(26-22)16-19-9-4-5-12-25-19)10-7-13-31-24-18(14-23(28)29)8-6-11-21(24)30-3/h4-6,8-9,11-12,15,17H,7,10,13-14,16H2,1-3H3,(H,28,29). The summed E-state index contributed by atoms with van der Waals surface area (Å²) in [5.74, 6) is 0.666. The highest BCUT2D eigenvalue weighted by atomic mass is 16.5. The first-order chi connectivity index (χ1) is 15.5. The Bertz CT molecular complexity index is 1020. The summed E-state index contributed by atoms with van der Waals surface area (Å²) in [6, 6.07) is 13.0. The summed E-state index contributed by atoms with van der Waals surface area (Å²) in [5, 5.41) is 13.8. The van der Waals surface area contributed by atoms with E-state index in [2.05, 4.69) is 10.1 Å². The molecule has 3 aromatic rings. The zero-order valence-corrected chi connectivity index (χ0v) is 18.7. The van der Waals surface area contributed by atoms with E-state index in [-0.39, 0.29) is 12.5 Å². The second-order valence-electron chi connectivity index (χ2n) is 7.59. The van der Waals surface area contributed by atoms with Crippen LogP contribution in [0.1, 0.15) is 37.2 Å². The van der Waals surface area contributed by atoms with Crippen LogP contribution in [0.3, 0.4) is 0 Å². The first-order valence-corrected chi connectivity index (χ1v) is 10.6. The van der Waals surface area contributed by atoms with Gasteiger partial charge in [0.15, 0.2) is 11.5 Å². The number of nitrogens with zero attached hydrogens (tertiary/aromatic N) is 3. The van der Waals surface area contributed by atoms with E-state index in [0.29, 0.717) is 48.9 Å². The Morgan fingerprint density at radius 1 is 1.19 bits per heavy atom. The number of carboxylic acid groups (broad SMARTS) is 1. The monoisotopic (exact) mass is 439 g/mol. The predicted molar refractivity (Wildman–Crippen MR) is 119 cm³/mol. The number of para-hydroxylation sites is 1. The summed E-state index contributed by atoms with van der Waals surface area (Å²) in [6.45, 7) is 4.89. The van der Waals surface area contributed by atoms with Crippen LogP contribution in [0, 0.1) is 0 Å². The quantitative estimate of drug-likeness (QED) is 0.429. The van der Waals surface area contributed by atoms with E-state index in [9.17, 15) is 4.79 Å². The molecular weight excluding hydrogens is 410 g/mol. The third kappa shape index (κ3) is 6.47. The van der Waals surface area contributed by atoms with Gasteiger partial charge in [0, 0.05) is 23.5 Å². The van der Waals surface area contributed by atoms with Crippen LogP contribution in [0.5, 0.6) is 17.4 Å². The van der Waals surface area contributed by atoms with E-state index in [1.807, 2.05) is 42.8 Å². The molecule has 0 unspecified atom stereocenters. The van der Waals surface area contributed by atoms with Crippen LogP contribution >= 0.6 is 0 Å². The van der Waals surface area contributed by atoms with Crippen LogP contribution in [-0.2, 0) is 24.2 Å². The molecule has 3 rings (SSSR count). The Morgan fingerprint density at radius 3 is 2.72 bits per heavy atom. The third-order valence-electron chi connectivity index (χ3n) is 4.68. The van der Waals surface area contributed by atoms with Gasteiger partial charge in [-0.05, 0) is 44.9 Å². The highest BCUT2D eigenvalue weighted by molar-refractivity contribution is 5.72. The van der Waals surface area contributed by atoms with Crippen molar-refractivity contribution >= 4 is 5.97 Å². The number of aliphatic carboxylic acids is 1. The third-order valence-corrected chi connectivity index (χ3v) is 4.68. The summed E-state index contributed by atoms with van der Waals surface area (Å²) in [7, 11) is 1.54. The van der Waals surface area contributed by atoms with Gasteiger partial charge in [-0.1, -0.05) is 18.2 Å². The molecule has 0 bridgehead atoms. The first-order valence-electron chi connectivity index (χ1n) is 10.6. The Labute approximate surface area is 187 Å². The number of hydrogen-bond donors (Lipinski definition) is 1. The van der Waals surface area contributed by atoms with Gasteiger partial charge in [0.1, 0.15) is 0 Å². The maximum Gasteiger partial charge on any atom is 0.307 e. The maximum absolute atomic E-state index is 11.2. The summed E-state index contributed by atoms with van der Waals surface area (Å²) >= 11 is 0. The average Bonchev–Trinajstić information content (AvgIpc) is 3.12. The molecule has 0 aliphatic carbocycles. The number of aromatic nitrogens is 3. The lowest BCUT2D eigenvalue weighted by molar-refractivity contribution is -0.136. The van der Waals surface area contributed by atoms with E-state index in [1.165, 1.54) is 0 Å². The van der Waals surface area contributed by atoms with Crippen molar-refractivity contribution in [1.82, 2.24) is 14.8 Å². The van der Waals surface area contributed by atoms with Crippen LogP contribution in [0.25, 0.3) is 0 Å². The number of rotatable bonds is 12. The van der Waals surface area contributed by atoms with Crippen molar-refractivity contribution in [3.8, 4) is 17.4 Å². The highest BCUT2D eigenvalue weighted by Gasteiger charge is 2.15. The van der Waals surface area contributed by atoms with Gasteiger partial charge in [-0.3, -0.25) is 14.5 Å². The average molecular weight is 440 g/mol. The van der Waals surface area contributed by atoms with Gasteiger partial charge in [-0.2, -0.15) is 0 Å². The molecular formula is C24H29N3O5. The summed E-state index contributed by atoms with van der Waals surface area (Å²) in [4.78, 5) is 15.6. The lowest BCUT2D eigenvalue weighted by Crippen LogP contribution is -2.10. The molecule has 32 heavy (non-hydrogen) atoms. The van der Waals surface area contributed by atoms with Gasteiger partial charge in [0.05, 0.1) is 38.5 Å². The molecule has 8 heteroatoms. The van der Waals surface area contributed by atoms with Gasteiger partial charge in [-0.25, -0.2) is 0 Å². The second kappa shape index (κ2) is 11.2.